The second-order valence-electron chi connectivity index (χ2n) is 7.29. The van der Waals surface area contributed by atoms with E-state index in [0.29, 0.717) is 42.8 Å². The summed E-state index contributed by atoms with van der Waals surface area (Å²) in [7, 11) is 3.54. The fourth-order valence-corrected chi connectivity index (χ4v) is 3.68. The summed E-state index contributed by atoms with van der Waals surface area (Å²) in [5.74, 6) is 0.560. The highest BCUT2D eigenvalue weighted by atomic mass is 35.5. The number of aryl methyl sites for hydroxylation is 2. The van der Waals surface area contributed by atoms with E-state index < -0.39 is 0 Å². The smallest absolute Gasteiger partial charge is 0.274 e. The highest BCUT2D eigenvalue weighted by Gasteiger charge is 2.27. The molecule has 0 radical (unpaired) electrons. The Morgan fingerprint density at radius 1 is 1.27 bits per heavy atom. The normalized spacial score (nSPS) is 13.4. The van der Waals surface area contributed by atoms with E-state index in [4.69, 9.17) is 26.3 Å². The van der Waals surface area contributed by atoms with Crippen molar-refractivity contribution in [3.63, 3.8) is 0 Å². The number of hydrogen-bond donors (Lipinski definition) is 0. The highest BCUT2D eigenvalue weighted by molar-refractivity contribution is 6.29. The fraction of sp³-hybridized carbons (Fsp3) is 0.381. The maximum atomic E-state index is 12.9. The highest BCUT2D eigenvalue weighted by Crippen LogP contribution is 2.26. The zero-order valence-electron chi connectivity index (χ0n) is 17.0. The summed E-state index contributed by atoms with van der Waals surface area (Å²) < 4.78 is 6.99. The van der Waals surface area contributed by atoms with Crippen molar-refractivity contribution in [1.29, 1.82) is 0 Å². The predicted molar refractivity (Wildman–Crippen MR) is 112 cm³/mol. The fourth-order valence-electron chi connectivity index (χ4n) is 3.57. The summed E-state index contributed by atoms with van der Waals surface area (Å²) in [5, 5.41) is 0.431. The minimum absolute atomic E-state index is 0.0740. The van der Waals surface area contributed by atoms with Crippen LogP contribution in [-0.4, -0.2) is 55.6 Å². The second-order valence-corrected chi connectivity index (χ2v) is 7.67. The van der Waals surface area contributed by atoms with Crippen LogP contribution in [0.1, 0.15) is 33.9 Å². The molecule has 3 aromatic heterocycles. The first-order valence-corrected chi connectivity index (χ1v) is 10.2. The van der Waals surface area contributed by atoms with Gasteiger partial charge in [0.15, 0.2) is 5.82 Å². The van der Waals surface area contributed by atoms with Crippen molar-refractivity contribution in [2.75, 3.05) is 20.3 Å². The number of pyridine rings is 1. The summed E-state index contributed by atoms with van der Waals surface area (Å²) in [5.41, 5.74) is 4.22. The van der Waals surface area contributed by atoms with Gasteiger partial charge in [0.2, 0.25) is 0 Å². The molecule has 1 aliphatic rings. The van der Waals surface area contributed by atoms with Gasteiger partial charge >= 0.3 is 0 Å². The van der Waals surface area contributed by atoms with Crippen molar-refractivity contribution in [2.24, 2.45) is 7.05 Å². The molecule has 0 fully saturated rings. The van der Waals surface area contributed by atoms with Crippen LogP contribution in [0.5, 0.6) is 0 Å². The number of carbonyl (C=O) groups excluding carboxylic acids is 1. The lowest BCUT2D eigenvalue weighted by molar-refractivity contribution is 0.0727. The molecular weight excluding hydrogens is 404 g/mol. The van der Waals surface area contributed by atoms with E-state index in [0.717, 1.165) is 35.4 Å². The maximum absolute atomic E-state index is 12.9. The monoisotopic (exact) mass is 426 g/mol. The van der Waals surface area contributed by atoms with Crippen LogP contribution in [0.25, 0.3) is 11.4 Å². The van der Waals surface area contributed by atoms with Crippen LogP contribution in [0.3, 0.4) is 0 Å². The van der Waals surface area contributed by atoms with Crippen LogP contribution in [0.15, 0.2) is 30.9 Å². The topological polar surface area (TPSA) is 86.0 Å². The Labute approximate surface area is 179 Å². The van der Waals surface area contributed by atoms with E-state index in [9.17, 15) is 4.79 Å². The zero-order chi connectivity index (χ0) is 21.1. The molecule has 156 valence electrons. The van der Waals surface area contributed by atoms with Gasteiger partial charge in [0.05, 0.1) is 12.0 Å². The van der Waals surface area contributed by atoms with Crippen LogP contribution < -0.4 is 0 Å². The van der Waals surface area contributed by atoms with E-state index in [1.54, 1.807) is 36.5 Å². The lowest BCUT2D eigenvalue weighted by Crippen LogP contribution is -2.37. The van der Waals surface area contributed by atoms with Gasteiger partial charge in [-0.1, -0.05) is 11.6 Å². The van der Waals surface area contributed by atoms with Gasteiger partial charge in [-0.2, -0.15) is 0 Å². The Kier molecular flexibility index (Phi) is 6.06. The maximum Gasteiger partial charge on any atom is 0.274 e. The predicted octanol–water partition coefficient (Wildman–Crippen LogP) is 2.70. The summed E-state index contributed by atoms with van der Waals surface area (Å²) >= 11 is 5.92. The molecule has 1 aliphatic heterocycles. The van der Waals surface area contributed by atoms with E-state index >= 15 is 0 Å². The van der Waals surface area contributed by atoms with Crippen molar-refractivity contribution in [2.45, 2.75) is 25.8 Å². The Hall–Kier alpha value is -2.84. The Balaban J connectivity index is 1.65. The average Bonchev–Trinajstić information content (AvgIpc) is 3.19. The third-order valence-electron chi connectivity index (χ3n) is 5.10. The van der Waals surface area contributed by atoms with Gasteiger partial charge in [-0.3, -0.25) is 4.79 Å². The second kappa shape index (κ2) is 8.89. The van der Waals surface area contributed by atoms with Gasteiger partial charge in [0, 0.05) is 69.5 Å². The number of halogens is 1. The number of carbonyl (C=O) groups is 1. The van der Waals surface area contributed by atoms with Crippen molar-refractivity contribution in [1.82, 2.24) is 29.4 Å². The number of methoxy groups -OCH3 is 1. The van der Waals surface area contributed by atoms with Gasteiger partial charge < -0.3 is 14.2 Å². The first-order chi connectivity index (χ1) is 14.5. The van der Waals surface area contributed by atoms with Gasteiger partial charge in [-0.05, 0) is 25.0 Å². The first-order valence-electron chi connectivity index (χ1n) is 9.82. The number of imidazole rings is 1. The van der Waals surface area contributed by atoms with Gasteiger partial charge in [0.25, 0.3) is 5.91 Å². The van der Waals surface area contributed by atoms with Crippen molar-refractivity contribution < 1.29 is 9.53 Å². The van der Waals surface area contributed by atoms with Crippen molar-refractivity contribution in [3.8, 4) is 11.4 Å². The van der Waals surface area contributed by atoms with Crippen LogP contribution in [0.2, 0.25) is 5.15 Å². The molecule has 4 heterocycles. The molecule has 9 heteroatoms. The molecule has 0 unspecified atom stereocenters. The minimum atomic E-state index is -0.0740. The summed E-state index contributed by atoms with van der Waals surface area (Å²) in [4.78, 5) is 32.7. The number of nitrogens with zero attached hydrogens (tertiary/aromatic N) is 6. The standard InChI is InChI=1S/C21H23ClN6O2/c1-27-12-18(24-13-27)21(29)28-8-7-17-15(11-28)16(4-3-9-30-2)25-20(26-17)14-5-6-19(22)23-10-14/h5-6,10,12-13H,3-4,7-9,11H2,1-2H3. The van der Waals surface area contributed by atoms with E-state index in [1.807, 2.05) is 18.0 Å². The van der Waals surface area contributed by atoms with E-state index in [2.05, 4.69) is 9.97 Å². The number of hydrogen-bond acceptors (Lipinski definition) is 6. The molecule has 8 nitrogen and oxygen atoms in total. The Morgan fingerprint density at radius 2 is 2.13 bits per heavy atom. The molecule has 30 heavy (non-hydrogen) atoms. The molecule has 1 amide bonds. The van der Waals surface area contributed by atoms with E-state index in [1.165, 1.54) is 0 Å². The molecule has 0 N–H and O–H groups in total. The molecule has 0 aliphatic carbocycles. The SMILES string of the molecule is COCCCc1nc(-c2ccc(Cl)nc2)nc2c1CN(C(=O)c1cn(C)cn1)CC2. The molecule has 0 atom stereocenters. The lowest BCUT2D eigenvalue weighted by Gasteiger charge is -2.29. The lowest BCUT2D eigenvalue weighted by atomic mass is 10.00. The largest absolute Gasteiger partial charge is 0.385 e. The van der Waals surface area contributed by atoms with E-state index in [-0.39, 0.29) is 5.91 Å². The molecule has 0 bridgehead atoms. The third-order valence-corrected chi connectivity index (χ3v) is 5.33. The zero-order valence-corrected chi connectivity index (χ0v) is 17.8. The van der Waals surface area contributed by atoms with Crippen LogP contribution >= 0.6 is 11.6 Å². The molecule has 4 rings (SSSR count). The number of amides is 1. The van der Waals surface area contributed by atoms with Gasteiger partial charge in [0.1, 0.15) is 10.8 Å². The average molecular weight is 427 g/mol. The third kappa shape index (κ3) is 4.34. The summed E-state index contributed by atoms with van der Waals surface area (Å²) in [6.07, 6.45) is 7.32. The number of rotatable bonds is 6. The van der Waals surface area contributed by atoms with Crippen LogP contribution in [0, 0.1) is 0 Å². The first kappa shape index (κ1) is 20.4. The van der Waals surface area contributed by atoms with Gasteiger partial charge in [-0.25, -0.2) is 19.9 Å². The summed E-state index contributed by atoms with van der Waals surface area (Å²) in [6, 6.07) is 3.60. The van der Waals surface area contributed by atoms with Crippen LogP contribution in [0.4, 0.5) is 0 Å². The van der Waals surface area contributed by atoms with Crippen molar-refractivity contribution >= 4 is 17.5 Å². The summed E-state index contributed by atoms with van der Waals surface area (Å²) in [6.45, 7) is 1.72. The molecule has 0 spiro atoms. The number of ether oxygens (including phenoxy) is 1. The molecular formula is C21H23ClN6O2. The van der Waals surface area contributed by atoms with Crippen LogP contribution in [-0.2, 0) is 31.2 Å². The van der Waals surface area contributed by atoms with Gasteiger partial charge in [-0.15, -0.1) is 0 Å². The molecule has 3 aromatic rings. The molecule has 0 saturated heterocycles. The molecule has 0 saturated carbocycles. The van der Waals surface area contributed by atoms with Crippen molar-refractivity contribution in [3.05, 3.63) is 58.7 Å². The number of aromatic nitrogens is 5. The Morgan fingerprint density at radius 3 is 2.83 bits per heavy atom. The quantitative estimate of drug-likeness (QED) is 0.445. The molecule has 0 aromatic carbocycles. The minimum Gasteiger partial charge on any atom is -0.385 e. The number of fused-ring (bicyclic) bond motifs is 1. The Bertz CT molecular complexity index is 1050.